The van der Waals surface area contributed by atoms with Crippen molar-refractivity contribution in [3.8, 4) is 0 Å². The number of carbonyl (C=O) groups is 3. The smallest absolute Gasteiger partial charge is 0.234 e. The highest BCUT2D eigenvalue weighted by atomic mass is 32.1. The van der Waals surface area contributed by atoms with Gasteiger partial charge in [-0.2, -0.15) is 0 Å². The third-order valence-corrected chi connectivity index (χ3v) is 7.27. The molecular formula is C22H22N4O3S. The molecule has 2 bridgehead atoms. The average Bonchev–Trinajstić information content (AvgIpc) is 3.47. The quantitative estimate of drug-likeness (QED) is 0.591. The van der Waals surface area contributed by atoms with Crippen LogP contribution in [-0.2, 0) is 14.4 Å². The Balaban J connectivity index is 1.46. The molecule has 0 spiro atoms. The van der Waals surface area contributed by atoms with Crippen LogP contribution >= 0.6 is 11.3 Å². The van der Waals surface area contributed by atoms with Crippen molar-refractivity contribution < 1.29 is 14.4 Å². The Bertz CT molecular complexity index is 1050. The molecule has 1 saturated carbocycles. The van der Waals surface area contributed by atoms with E-state index in [9.17, 15) is 14.4 Å². The van der Waals surface area contributed by atoms with Crippen LogP contribution in [-0.4, -0.2) is 32.8 Å². The molecule has 2 aromatic rings. The summed E-state index contributed by atoms with van der Waals surface area (Å²) in [5, 5.41) is 11.8. The summed E-state index contributed by atoms with van der Waals surface area (Å²) in [6.07, 6.45) is 5.03. The summed E-state index contributed by atoms with van der Waals surface area (Å²) in [5.74, 6) is -0.877. The minimum atomic E-state index is -0.634. The average molecular weight is 423 g/mol. The zero-order valence-corrected chi connectivity index (χ0v) is 17.6. The number of amides is 3. The maximum atomic E-state index is 13.4. The number of allylic oxidation sites excluding steroid dienone is 2. The predicted molar refractivity (Wildman–Crippen MR) is 111 cm³/mol. The van der Waals surface area contributed by atoms with E-state index in [-0.39, 0.29) is 47.8 Å². The summed E-state index contributed by atoms with van der Waals surface area (Å²) in [5.41, 5.74) is 1.77. The lowest BCUT2D eigenvalue weighted by Crippen LogP contribution is -2.38. The second-order valence-electron chi connectivity index (χ2n) is 8.30. The number of likely N-dealkylation sites (tertiary alicyclic amines) is 1. The van der Waals surface area contributed by atoms with Gasteiger partial charge in [0, 0.05) is 0 Å². The lowest BCUT2D eigenvalue weighted by Gasteiger charge is -2.29. The largest absolute Gasteiger partial charge is 0.300 e. The summed E-state index contributed by atoms with van der Waals surface area (Å²) >= 11 is 1.29. The van der Waals surface area contributed by atoms with Crippen molar-refractivity contribution in [3.63, 3.8) is 0 Å². The number of fused-ring (bicyclic) bond motifs is 5. The maximum absolute atomic E-state index is 13.4. The first kappa shape index (κ1) is 19.1. The Kier molecular flexibility index (Phi) is 4.54. The molecule has 30 heavy (non-hydrogen) atoms. The van der Waals surface area contributed by atoms with Gasteiger partial charge in [0.2, 0.25) is 22.9 Å². The van der Waals surface area contributed by atoms with Crippen molar-refractivity contribution in [1.82, 2.24) is 15.1 Å². The van der Waals surface area contributed by atoms with Crippen molar-refractivity contribution in [1.29, 1.82) is 0 Å². The van der Waals surface area contributed by atoms with Crippen LogP contribution in [0, 0.1) is 37.5 Å². The number of nitrogens with zero attached hydrogens (tertiary/aromatic N) is 3. The predicted octanol–water partition coefficient (Wildman–Crippen LogP) is 3.03. The van der Waals surface area contributed by atoms with Gasteiger partial charge in [-0.25, -0.2) is 0 Å². The van der Waals surface area contributed by atoms with Crippen molar-refractivity contribution in [2.45, 2.75) is 32.7 Å². The number of imide groups is 1. The molecule has 5 rings (SSSR count). The van der Waals surface area contributed by atoms with Crippen LogP contribution < -0.4 is 5.32 Å². The number of anilines is 1. The molecule has 7 nitrogen and oxygen atoms in total. The topological polar surface area (TPSA) is 92.3 Å². The number of rotatable bonds is 5. The van der Waals surface area contributed by atoms with Crippen LogP contribution in [0.2, 0.25) is 0 Å². The number of aromatic nitrogens is 2. The minimum absolute atomic E-state index is 0.0108. The van der Waals surface area contributed by atoms with E-state index in [1.165, 1.54) is 16.2 Å². The fraction of sp³-hybridized carbons (Fsp3) is 0.409. The first-order chi connectivity index (χ1) is 14.4. The van der Waals surface area contributed by atoms with Crippen molar-refractivity contribution in [2.75, 3.05) is 5.32 Å². The fourth-order valence-electron chi connectivity index (χ4n) is 5.23. The summed E-state index contributed by atoms with van der Waals surface area (Å²) in [4.78, 5) is 41.0. The molecule has 2 fully saturated rings. The minimum Gasteiger partial charge on any atom is -0.300 e. The first-order valence-corrected chi connectivity index (χ1v) is 11.0. The lowest BCUT2D eigenvalue weighted by molar-refractivity contribution is -0.144. The number of carbonyl (C=O) groups excluding carboxylic acids is 3. The maximum Gasteiger partial charge on any atom is 0.234 e. The van der Waals surface area contributed by atoms with Crippen LogP contribution in [0.4, 0.5) is 5.13 Å². The summed E-state index contributed by atoms with van der Waals surface area (Å²) < 4.78 is 0. The molecule has 0 radical (unpaired) electrons. The summed E-state index contributed by atoms with van der Waals surface area (Å²) in [6, 6.07) is 6.98. The van der Waals surface area contributed by atoms with Crippen LogP contribution in [0.5, 0.6) is 0 Å². The van der Waals surface area contributed by atoms with Gasteiger partial charge in [-0.1, -0.05) is 47.8 Å². The molecule has 3 aliphatic rings. The highest BCUT2D eigenvalue weighted by Gasteiger charge is 2.60. The van der Waals surface area contributed by atoms with Crippen LogP contribution in [0.15, 0.2) is 36.4 Å². The monoisotopic (exact) mass is 422 g/mol. The van der Waals surface area contributed by atoms with Gasteiger partial charge in [0.25, 0.3) is 0 Å². The Hall–Kier alpha value is -2.87. The van der Waals surface area contributed by atoms with E-state index in [0.29, 0.717) is 5.13 Å². The SMILES string of the molecule is Cc1nnc(NC(=O)CC(c2ccccc2C)N2C(=O)C3C4C=CC(C4)C3C2=O)s1. The number of aryl methyl sites for hydroxylation is 2. The molecule has 5 atom stereocenters. The standard InChI is InChI=1S/C22H22N4O3S/c1-11-5-3-4-6-15(11)16(10-17(27)23-22-25-24-12(2)30-22)26-20(28)18-13-7-8-14(9-13)19(18)21(26)29/h3-8,13-14,16,18-19H,9-10H2,1-2H3,(H,23,25,27). The van der Waals surface area contributed by atoms with Crippen LogP contribution in [0.25, 0.3) is 0 Å². The van der Waals surface area contributed by atoms with E-state index < -0.39 is 6.04 Å². The number of hydrogen-bond acceptors (Lipinski definition) is 6. The second kappa shape index (κ2) is 7.12. The van der Waals surface area contributed by atoms with Crippen LogP contribution in [0.1, 0.15) is 35.0 Å². The van der Waals surface area contributed by atoms with E-state index in [4.69, 9.17) is 0 Å². The van der Waals surface area contributed by atoms with Crippen molar-refractivity contribution in [3.05, 3.63) is 52.6 Å². The molecule has 8 heteroatoms. The van der Waals surface area contributed by atoms with Gasteiger partial charge in [0.15, 0.2) is 0 Å². The van der Waals surface area contributed by atoms with E-state index in [0.717, 1.165) is 22.6 Å². The second-order valence-corrected chi connectivity index (χ2v) is 9.48. The lowest BCUT2D eigenvalue weighted by atomic mass is 9.85. The molecule has 1 aromatic carbocycles. The Labute approximate surface area is 178 Å². The molecule has 1 aliphatic heterocycles. The van der Waals surface area contributed by atoms with Crippen molar-refractivity contribution in [2.24, 2.45) is 23.7 Å². The van der Waals surface area contributed by atoms with Gasteiger partial charge in [-0.05, 0) is 43.2 Å². The Morgan fingerprint density at radius 3 is 2.40 bits per heavy atom. The zero-order valence-electron chi connectivity index (χ0n) is 16.7. The van der Waals surface area contributed by atoms with Gasteiger partial charge in [0.05, 0.1) is 24.3 Å². The van der Waals surface area contributed by atoms with Crippen molar-refractivity contribution >= 4 is 34.2 Å². The van der Waals surface area contributed by atoms with Gasteiger partial charge < -0.3 is 5.32 Å². The third-order valence-electron chi connectivity index (χ3n) is 6.51. The third kappa shape index (κ3) is 2.98. The van der Waals surface area contributed by atoms with E-state index >= 15 is 0 Å². The molecule has 1 N–H and O–H groups in total. The molecular weight excluding hydrogens is 400 g/mol. The molecule has 1 aromatic heterocycles. The first-order valence-electron chi connectivity index (χ1n) is 10.1. The zero-order chi connectivity index (χ0) is 21.0. The molecule has 5 unspecified atom stereocenters. The van der Waals surface area contributed by atoms with Gasteiger partial charge >= 0.3 is 0 Å². The molecule has 2 aliphatic carbocycles. The van der Waals surface area contributed by atoms with Crippen LogP contribution in [0.3, 0.4) is 0 Å². The van der Waals surface area contributed by atoms with Gasteiger partial charge in [-0.15, -0.1) is 10.2 Å². The number of hydrogen-bond donors (Lipinski definition) is 1. The highest BCUT2D eigenvalue weighted by Crippen LogP contribution is 2.54. The Morgan fingerprint density at radius 1 is 1.13 bits per heavy atom. The molecule has 3 amide bonds. The fourth-order valence-corrected chi connectivity index (χ4v) is 5.83. The van der Waals surface area contributed by atoms with Gasteiger partial charge in [-0.3, -0.25) is 19.3 Å². The Morgan fingerprint density at radius 2 is 1.80 bits per heavy atom. The summed E-state index contributed by atoms with van der Waals surface area (Å²) in [6.45, 7) is 3.75. The van der Waals surface area contributed by atoms with Gasteiger partial charge in [0.1, 0.15) is 5.01 Å². The summed E-state index contributed by atoms with van der Waals surface area (Å²) in [7, 11) is 0. The normalized spacial score (nSPS) is 27.6. The van der Waals surface area contributed by atoms with E-state index in [2.05, 4.69) is 27.7 Å². The number of nitrogens with one attached hydrogen (secondary N) is 1. The highest BCUT2D eigenvalue weighted by molar-refractivity contribution is 7.15. The number of benzene rings is 1. The molecule has 1 saturated heterocycles. The van der Waals surface area contributed by atoms with E-state index in [1.54, 1.807) is 0 Å². The molecule has 2 heterocycles. The molecule has 154 valence electrons. The van der Waals surface area contributed by atoms with E-state index in [1.807, 2.05) is 38.1 Å².